The molecule has 0 saturated heterocycles. The zero-order valence-electron chi connectivity index (χ0n) is 19.3. The van der Waals surface area contributed by atoms with Crippen LogP contribution in [0.25, 0.3) is 5.76 Å². The molecule has 3 heteroatoms. The van der Waals surface area contributed by atoms with Crippen molar-refractivity contribution in [1.29, 1.82) is 0 Å². The summed E-state index contributed by atoms with van der Waals surface area (Å²) in [5.74, 6) is 5.94. The molecule has 170 valence electrons. The number of aryl methyl sites for hydroxylation is 1. The first-order valence-electron chi connectivity index (χ1n) is 11.5. The molecule has 0 radical (unpaired) electrons. The standard InChI is InChI=1S/C32H23FO2/c1-23-11-10-18-28(33)31(23)29(34)21-30(25-14-6-3-7-15-25)35-32(20-19-24-12-4-2-5-13-24)22-26-16-8-9-17-27(26)32/h2-18,21H,22H2,1H3/t32-/m0/s1. The predicted octanol–water partition coefficient (Wildman–Crippen LogP) is 6.88. The smallest absolute Gasteiger partial charge is 0.199 e. The quantitative estimate of drug-likeness (QED) is 0.141. The van der Waals surface area contributed by atoms with Gasteiger partial charge in [0.2, 0.25) is 0 Å². The Bertz CT molecular complexity index is 1460. The maximum absolute atomic E-state index is 14.6. The van der Waals surface area contributed by atoms with E-state index in [0.29, 0.717) is 17.7 Å². The summed E-state index contributed by atoms with van der Waals surface area (Å²) in [5, 5.41) is 0. The Balaban J connectivity index is 1.60. The molecular formula is C32H23FO2. The number of hydrogen-bond acceptors (Lipinski definition) is 2. The highest BCUT2D eigenvalue weighted by Gasteiger charge is 2.44. The highest BCUT2D eigenvalue weighted by molar-refractivity contribution is 6.09. The Morgan fingerprint density at radius 2 is 1.57 bits per heavy atom. The predicted molar refractivity (Wildman–Crippen MR) is 136 cm³/mol. The number of ketones is 1. The van der Waals surface area contributed by atoms with Crippen LogP contribution in [-0.2, 0) is 16.8 Å². The minimum atomic E-state index is -0.918. The van der Waals surface area contributed by atoms with Gasteiger partial charge >= 0.3 is 0 Å². The Morgan fingerprint density at radius 1 is 0.886 bits per heavy atom. The SMILES string of the molecule is Cc1cccc(F)c1C(=O)C=C(O[C@@]1(C#Cc2ccccc2)Cc2ccccc21)c1ccccc1. The Morgan fingerprint density at radius 3 is 2.29 bits per heavy atom. The van der Waals surface area contributed by atoms with E-state index in [1.165, 1.54) is 12.1 Å². The fourth-order valence-electron chi connectivity index (χ4n) is 4.34. The van der Waals surface area contributed by atoms with Gasteiger partial charge in [-0.15, -0.1) is 0 Å². The topological polar surface area (TPSA) is 26.3 Å². The number of ether oxygens (including phenoxy) is 1. The third-order valence-electron chi connectivity index (χ3n) is 6.15. The van der Waals surface area contributed by atoms with E-state index in [9.17, 15) is 9.18 Å². The molecule has 5 rings (SSSR count). The first kappa shape index (κ1) is 22.4. The minimum Gasteiger partial charge on any atom is -0.469 e. The summed E-state index contributed by atoms with van der Waals surface area (Å²) >= 11 is 0. The molecule has 0 spiro atoms. The van der Waals surface area contributed by atoms with E-state index >= 15 is 0 Å². The number of hydrogen-bond donors (Lipinski definition) is 0. The van der Waals surface area contributed by atoms with Gasteiger partial charge in [-0.2, -0.15) is 0 Å². The van der Waals surface area contributed by atoms with Crippen molar-refractivity contribution in [3.63, 3.8) is 0 Å². The molecule has 1 aliphatic rings. The van der Waals surface area contributed by atoms with E-state index in [4.69, 9.17) is 4.74 Å². The molecule has 4 aromatic carbocycles. The minimum absolute atomic E-state index is 0.0444. The monoisotopic (exact) mass is 458 g/mol. The first-order chi connectivity index (χ1) is 17.1. The molecule has 4 aromatic rings. The summed E-state index contributed by atoms with van der Waals surface area (Å²) in [5.41, 5.74) is 3.43. The normalized spacial score (nSPS) is 16.3. The molecule has 0 fully saturated rings. The molecule has 0 heterocycles. The van der Waals surface area contributed by atoms with Crippen LogP contribution in [-0.4, -0.2) is 5.78 Å². The summed E-state index contributed by atoms with van der Waals surface area (Å²) in [7, 11) is 0. The summed E-state index contributed by atoms with van der Waals surface area (Å²) in [6.07, 6.45) is 1.97. The lowest BCUT2D eigenvalue weighted by atomic mass is 9.73. The summed E-state index contributed by atoms with van der Waals surface area (Å²) in [6.45, 7) is 1.72. The van der Waals surface area contributed by atoms with Crippen molar-refractivity contribution in [2.45, 2.75) is 18.9 Å². The van der Waals surface area contributed by atoms with Gasteiger partial charge in [0.25, 0.3) is 0 Å². The summed E-state index contributed by atoms with van der Waals surface area (Å²) < 4.78 is 21.2. The second kappa shape index (κ2) is 9.44. The fourth-order valence-corrected chi connectivity index (χ4v) is 4.34. The number of rotatable bonds is 5. The molecule has 0 unspecified atom stereocenters. The van der Waals surface area contributed by atoms with Crippen LogP contribution in [0.2, 0.25) is 0 Å². The lowest BCUT2D eigenvalue weighted by molar-refractivity contribution is 0.0715. The summed E-state index contributed by atoms with van der Waals surface area (Å²) in [6, 6.07) is 31.7. The first-order valence-corrected chi connectivity index (χ1v) is 11.5. The van der Waals surface area contributed by atoms with Gasteiger partial charge in [0.05, 0.1) is 5.56 Å². The van der Waals surface area contributed by atoms with Crippen molar-refractivity contribution in [2.24, 2.45) is 0 Å². The fraction of sp³-hybridized carbons (Fsp3) is 0.0938. The van der Waals surface area contributed by atoms with Crippen LogP contribution in [0.5, 0.6) is 0 Å². The molecule has 2 nitrogen and oxygen atoms in total. The lowest BCUT2D eigenvalue weighted by Crippen LogP contribution is -2.40. The average Bonchev–Trinajstić information content (AvgIpc) is 2.87. The van der Waals surface area contributed by atoms with Gasteiger partial charge in [0.15, 0.2) is 11.4 Å². The Labute approximate surface area is 204 Å². The van der Waals surface area contributed by atoms with Gasteiger partial charge < -0.3 is 4.74 Å². The highest BCUT2D eigenvalue weighted by Crippen LogP contribution is 2.44. The van der Waals surface area contributed by atoms with Gasteiger partial charge in [0, 0.05) is 29.2 Å². The van der Waals surface area contributed by atoms with E-state index in [0.717, 1.165) is 22.3 Å². The van der Waals surface area contributed by atoms with Crippen LogP contribution >= 0.6 is 0 Å². The van der Waals surface area contributed by atoms with Gasteiger partial charge in [-0.1, -0.05) is 90.8 Å². The molecule has 0 N–H and O–H groups in total. The van der Waals surface area contributed by atoms with Crippen LogP contribution in [0, 0.1) is 24.6 Å². The third-order valence-corrected chi connectivity index (χ3v) is 6.15. The highest BCUT2D eigenvalue weighted by atomic mass is 19.1. The maximum Gasteiger partial charge on any atom is 0.199 e. The number of carbonyl (C=O) groups excluding carboxylic acids is 1. The van der Waals surface area contributed by atoms with E-state index < -0.39 is 17.2 Å². The molecule has 0 amide bonds. The van der Waals surface area contributed by atoms with Crippen molar-refractivity contribution in [3.8, 4) is 11.8 Å². The Kier molecular flexibility index (Phi) is 6.04. The zero-order valence-corrected chi connectivity index (χ0v) is 19.3. The third kappa shape index (κ3) is 4.52. The van der Waals surface area contributed by atoms with Crippen LogP contribution in [0.1, 0.15) is 38.2 Å². The maximum atomic E-state index is 14.6. The van der Waals surface area contributed by atoms with Crippen LogP contribution in [0.3, 0.4) is 0 Å². The molecule has 0 aromatic heterocycles. The average molecular weight is 459 g/mol. The van der Waals surface area contributed by atoms with Crippen molar-refractivity contribution >= 4 is 11.5 Å². The molecular weight excluding hydrogens is 435 g/mol. The van der Waals surface area contributed by atoms with Crippen molar-refractivity contribution < 1.29 is 13.9 Å². The second-order valence-corrected chi connectivity index (χ2v) is 8.55. The van der Waals surface area contributed by atoms with Gasteiger partial charge in [-0.3, -0.25) is 4.79 Å². The van der Waals surface area contributed by atoms with Gasteiger partial charge in [0.1, 0.15) is 11.6 Å². The second-order valence-electron chi connectivity index (χ2n) is 8.55. The van der Waals surface area contributed by atoms with Crippen LogP contribution in [0.4, 0.5) is 4.39 Å². The zero-order chi connectivity index (χ0) is 24.3. The number of carbonyl (C=O) groups is 1. The van der Waals surface area contributed by atoms with E-state index in [2.05, 4.69) is 17.9 Å². The van der Waals surface area contributed by atoms with E-state index in [-0.39, 0.29) is 5.56 Å². The molecule has 0 saturated carbocycles. The molecule has 35 heavy (non-hydrogen) atoms. The summed E-state index contributed by atoms with van der Waals surface area (Å²) in [4.78, 5) is 13.3. The van der Waals surface area contributed by atoms with Crippen LogP contribution < -0.4 is 0 Å². The number of fused-ring (bicyclic) bond motifs is 1. The Hall–Kier alpha value is -4.42. The number of halogens is 1. The van der Waals surface area contributed by atoms with E-state index in [1.54, 1.807) is 19.1 Å². The van der Waals surface area contributed by atoms with Gasteiger partial charge in [-0.25, -0.2) is 4.39 Å². The molecule has 1 atom stereocenters. The largest absolute Gasteiger partial charge is 0.469 e. The van der Waals surface area contributed by atoms with E-state index in [1.807, 2.05) is 78.9 Å². The van der Waals surface area contributed by atoms with Gasteiger partial charge in [-0.05, 0) is 42.2 Å². The number of allylic oxidation sites excluding steroid dienone is 1. The van der Waals surface area contributed by atoms with Crippen molar-refractivity contribution in [3.05, 3.63) is 148 Å². The molecule has 0 bridgehead atoms. The number of benzene rings is 4. The van der Waals surface area contributed by atoms with Crippen LogP contribution in [0.15, 0.2) is 109 Å². The lowest BCUT2D eigenvalue weighted by Gasteiger charge is -2.40. The van der Waals surface area contributed by atoms with Crippen molar-refractivity contribution in [1.82, 2.24) is 0 Å². The molecule has 0 aliphatic heterocycles. The molecule has 1 aliphatic carbocycles. The van der Waals surface area contributed by atoms with Crippen molar-refractivity contribution in [2.75, 3.05) is 0 Å².